The Bertz CT molecular complexity index is 289. The molecule has 17 heavy (non-hydrogen) atoms. The molecule has 1 saturated carbocycles. The Morgan fingerprint density at radius 3 is 2.41 bits per heavy atom. The fourth-order valence-electron chi connectivity index (χ4n) is 1.95. The molecule has 0 aliphatic heterocycles. The van der Waals surface area contributed by atoms with Crippen LogP contribution in [0.3, 0.4) is 0 Å². The third kappa shape index (κ3) is 3.09. The van der Waals surface area contributed by atoms with Crippen molar-refractivity contribution in [3.05, 3.63) is 0 Å². The van der Waals surface area contributed by atoms with Gasteiger partial charge in [-0.25, -0.2) is 4.79 Å². The van der Waals surface area contributed by atoms with E-state index >= 15 is 0 Å². The van der Waals surface area contributed by atoms with Crippen molar-refractivity contribution in [3.63, 3.8) is 0 Å². The number of nitrogens with zero attached hydrogens (tertiary/aromatic N) is 1. The molecule has 0 bridgehead atoms. The zero-order valence-corrected chi connectivity index (χ0v) is 10.1. The highest BCUT2D eigenvalue weighted by molar-refractivity contribution is 5.78. The zero-order valence-electron chi connectivity index (χ0n) is 10.1. The predicted molar refractivity (Wildman–Crippen MR) is 61.7 cm³/mol. The van der Waals surface area contributed by atoms with E-state index in [1.807, 2.05) is 6.92 Å². The van der Waals surface area contributed by atoms with Gasteiger partial charge in [-0.3, -0.25) is 4.79 Å². The van der Waals surface area contributed by atoms with Crippen LogP contribution in [0.4, 0.5) is 4.79 Å². The summed E-state index contributed by atoms with van der Waals surface area (Å²) in [5.41, 5.74) is -0.770. The third-order valence-electron chi connectivity index (χ3n) is 3.38. The summed E-state index contributed by atoms with van der Waals surface area (Å²) in [6.45, 7) is 2.65. The van der Waals surface area contributed by atoms with E-state index in [1.165, 1.54) is 4.90 Å². The molecule has 0 spiro atoms. The first-order valence-electron chi connectivity index (χ1n) is 5.93. The number of likely N-dealkylation sites (N-methyl/N-ethyl adjacent to an activating group) is 1. The third-order valence-corrected chi connectivity index (χ3v) is 3.38. The minimum atomic E-state index is -0.839. The van der Waals surface area contributed by atoms with Crippen LogP contribution in [-0.2, 0) is 4.79 Å². The lowest BCUT2D eigenvalue weighted by Gasteiger charge is -2.38. The molecule has 0 unspecified atom stereocenters. The maximum atomic E-state index is 11.7. The summed E-state index contributed by atoms with van der Waals surface area (Å²) in [6, 6.07) is -0.311. The van der Waals surface area contributed by atoms with Crippen LogP contribution in [-0.4, -0.2) is 53.4 Å². The first-order chi connectivity index (χ1) is 8.05. The Kier molecular flexibility index (Phi) is 4.74. The lowest BCUT2D eigenvalue weighted by atomic mass is 9.69. The molecule has 0 saturated heterocycles. The topological polar surface area (TPSA) is 89.9 Å². The first kappa shape index (κ1) is 13.8. The number of hydrogen-bond acceptors (Lipinski definition) is 3. The van der Waals surface area contributed by atoms with Gasteiger partial charge in [0, 0.05) is 19.6 Å². The molecule has 1 aliphatic carbocycles. The van der Waals surface area contributed by atoms with E-state index in [0.717, 1.165) is 6.42 Å². The van der Waals surface area contributed by atoms with E-state index in [0.29, 0.717) is 19.4 Å². The minimum Gasteiger partial charge on any atom is -0.481 e. The summed E-state index contributed by atoms with van der Waals surface area (Å²) in [4.78, 5) is 24.2. The number of amides is 2. The Morgan fingerprint density at radius 2 is 2.06 bits per heavy atom. The molecule has 0 heterocycles. The van der Waals surface area contributed by atoms with Crippen molar-refractivity contribution >= 4 is 12.0 Å². The number of urea groups is 1. The smallest absolute Gasteiger partial charge is 0.317 e. The first-order valence-corrected chi connectivity index (χ1v) is 5.93. The molecule has 2 amide bonds. The van der Waals surface area contributed by atoms with Crippen LogP contribution >= 0.6 is 0 Å². The van der Waals surface area contributed by atoms with Crippen molar-refractivity contribution in [1.29, 1.82) is 0 Å². The van der Waals surface area contributed by atoms with Crippen molar-refractivity contribution in [2.75, 3.05) is 26.2 Å². The number of rotatable bonds is 6. The van der Waals surface area contributed by atoms with Crippen LogP contribution < -0.4 is 5.32 Å². The number of carbonyl (C=O) groups is 2. The molecular formula is C11H20N2O4. The van der Waals surface area contributed by atoms with E-state index in [9.17, 15) is 9.59 Å². The summed E-state index contributed by atoms with van der Waals surface area (Å²) in [6.07, 6.45) is 2.14. The monoisotopic (exact) mass is 244 g/mol. The number of hydrogen-bond donors (Lipinski definition) is 3. The molecular weight excluding hydrogens is 224 g/mol. The molecule has 6 nitrogen and oxygen atoms in total. The van der Waals surface area contributed by atoms with Gasteiger partial charge >= 0.3 is 12.0 Å². The van der Waals surface area contributed by atoms with Gasteiger partial charge in [0.05, 0.1) is 12.0 Å². The molecule has 0 radical (unpaired) electrons. The Labute approximate surface area is 101 Å². The summed E-state index contributed by atoms with van der Waals surface area (Å²) >= 11 is 0. The molecule has 0 aromatic carbocycles. The van der Waals surface area contributed by atoms with E-state index in [2.05, 4.69) is 5.32 Å². The van der Waals surface area contributed by atoms with Crippen molar-refractivity contribution in [3.8, 4) is 0 Å². The normalized spacial score (nSPS) is 17.1. The van der Waals surface area contributed by atoms with Crippen molar-refractivity contribution in [1.82, 2.24) is 10.2 Å². The molecule has 3 N–H and O–H groups in total. The summed E-state index contributed by atoms with van der Waals surface area (Å²) in [5, 5.41) is 20.5. The number of aliphatic hydroxyl groups is 1. The van der Waals surface area contributed by atoms with Gasteiger partial charge in [-0.1, -0.05) is 6.42 Å². The number of carbonyl (C=O) groups excluding carboxylic acids is 1. The Morgan fingerprint density at radius 1 is 1.41 bits per heavy atom. The average molecular weight is 244 g/mol. The minimum absolute atomic E-state index is 0.0919. The van der Waals surface area contributed by atoms with Gasteiger partial charge in [0.15, 0.2) is 0 Å². The molecule has 1 rings (SSSR count). The maximum Gasteiger partial charge on any atom is 0.317 e. The van der Waals surface area contributed by atoms with Crippen LogP contribution in [0.15, 0.2) is 0 Å². The lowest BCUT2D eigenvalue weighted by Crippen LogP contribution is -2.51. The highest BCUT2D eigenvalue weighted by Gasteiger charge is 2.44. The average Bonchev–Trinajstić information content (AvgIpc) is 2.23. The van der Waals surface area contributed by atoms with Gasteiger partial charge in [0.25, 0.3) is 0 Å². The fourth-order valence-corrected chi connectivity index (χ4v) is 1.95. The van der Waals surface area contributed by atoms with Crippen LogP contribution in [0.2, 0.25) is 0 Å². The summed E-state index contributed by atoms with van der Waals surface area (Å²) < 4.78 is 0. The van der Waals surface area contributed by atoms with Crippen LogP contribution in [0.5, 0.6) is 0 Å². The summed E-state index contributed by atoms with van der Waals surface area (Å²) in [5.74, 6) is -0.839. The van der Waals surface area contributed by atoms with Gasteiger partial charge in [-0.15, -0.1) is 0 Å². The van der Waals surface area contributed by atoms with E-state index in [4.69, 9.17) is 10.2 Å². The molecule has 1 aliphatic rings. The number of aliphatic carboxylic acids is 1. The van der Waals surface area contributed by atoms with Crippen LogP contribution in [0.1, 0.15) is 26.2 Å². The predicted octanol–water partition coefficient (Wildman–Crippen LogP) is 0.265. The van der Waals surface area contributed by atoms with E-state index in [-0.39, 0.29) is 25.7 Å². The van der Waals surface area contributed by atoms with Crippen LogP contribution in [0.25, 0.3) is 0 Å². The number of carboxylic acids is 1. The van der Waals surface area contributed by atoms with E-state index in [1.54, 1.807) is 0 Å². The highest BCUT2D eigenvalue weighted by Crippen LogP contribution is 2.40. The lowest BCUT2D eigenvalue weighted by molar-refractivity contribution is -0.153. The molecule has 0 atom stereocenters. The second-order valence-corrected chi connectivity index (χ2v) is 4.40. The molecule has 98 valence electrons. The quantitative estimate of drug-likeness (QED) is 0.625. The van der Waals surface area contributed by atoms with Gasteiger partial charge in [-0.2, -0.15) is 0 Å². The largest absolute Gasteiger partial charge is 0.481 e. The highest BCUT2D eigenvalue weighted by atomic mass is 16.4. The SMILES string of the molecule is CCN(CCO)C(=O)NCC1(C(=O)O)CCC1. The maximum absolute atomic E-state index is 11.7. The van der Waals surface area contributed by atoms with Crippen molar-refractivity contribution in [2.45, 2.75) is 26.2 Å². The fraction of sp³-hybridized carbons (Fsp3) is 0.818. The molecule has 6 heteroatoms. The van der Waals surface area contributed by atoms with Gasteiger partial charge < -0.3 is 20.4 Å². The van der Waals surface area contributed by atoms with Crippen molar-refractivity contribution < 1.29 is 19.8 Å². The zero-order chi connectivity index (χ0) is 12.9. The molecule has 0 aromatic heterocycles. The number of nitrogens with one attached hydrogen (secondary N) is 1. The second kappa shape index (κ2) is 5.86. The van der Waals surface area contributed by atoms with Gasteiger partial charge in [-0.05, 0) is 19.8 Å². The van der Waals surface area contributed by atoms with Gasteiger partial charge in [0.2, 0.25) is 0 Å². The van der Waals surface area contributed by atoms with Crippen LogP contribution in [0, 0.1) is 5.41 Å². The second-order valence-electron chi connectivity index (χ2n) is 4.40. The molecule has 1 fully saturated rings. The standard InChI is InChI=1S/C11H20N2O4/c1-2-13(6-7-14)10(17)12-8-11(9(15)16)4-3-5-11/h14H,2-8H2,1H3,(H,12,17)(H,15,16). The Balaban J connectivity index is 2.43. The summed E-state index contributed by atoms with van der Waals surface area (Å²) in [7, 11) is 0. The van der Waals surface area contributed by atoms with Crippen molar-refractivity contribution in [2.24, 2.45) is 5.41 Å². The molecule has 0 aromatic rings. The number of carboxylic acid groups (broad SMARTS) is 1. The Hall–Kier alpha value is -1.30. The van der Waals surface area contributed by atoms with Gasteiger partial charge in [0.1, 0.15) is 0 Å². The number of aliphatic hydroxyl groups excluding tert-OH is 1. The van der Waals surface area contributed by atoms with E-state index < -0.39 is 11.4 Å².